The van der Waals surface area contributed by atoms with Gasteiger partial charge in [0.2, 0.25) is 0 Å². The Morgan fingerprint density at radius 1 is 1.47 bits per heavy atom. The third-order valence-corrected chi connectivity index (χ3v) is 3.93. The van der Waals surface area contributed by atoms with Crippen LogP contribution in [-0.2, 0) is 6.42 Å². The zero-order valence-electron chi connectivity index (χ0n) is 11.4. The van der Waals surface area contributed by atoms with Gasteiger partial charge in [-0.1, -0.05) is 6.92 Å². The predicted octanol–water partition coefficient (Wildman–Crippen LogP) is 1.59. The second-order valence-electron chi connectivity index (χ2n) is 5.43. The van der Waals surface area contributed by atoms with Gasteiger partial charge >= 0.3 is 0 Å². The van der Waals surface area contributed by atoms with Crippen molar-refractivity contribution in [1.29, 1.82) is 0 Å². The number of likely N-dealkylation sites (tertiary alicyclic amines) is 1. The Bertz CT molecular complexity index is 562. The van der Waals surface area contributed by atoms with Gasteiger partial charge in [0.05, 0.1) is 23.8 Å². The summed E-state index contributed by atoms with van der Waals surface area (Å²) in [5, 5.41) is 4.57. The number of nitrogens with zero attached hydrogens (tertiary/aromatic N) is 4. The molecular weight excluding hydrogens is 238 g/mol. The molecule has 0 saturated carbocycles. The molecule has 1 fully saturated rings. The number of hydrogen-bond donors (Lipinski definition) is 1. The second kappa shape index (κ2) is 5.17. The van der Waals surface area contributed by atoms with Crippen molar-refractivity contribution >= 4 is 11.3 Å². The summed E-state index contributed by atoms with van der Waals surface area (Å²) >= 11 is 0. The van der Waals surface area contributed by atoms with Crippen LogP contribution < -0.4 is 5.73 Å². The predicted molar refractivity (Wildman–Crippen MR) is 75.9 cm³/mol. The van der Waals surface area contributed by atoms with Gasteiger partial charge in [-0.3, -0.25) is 0 Å². The fraction of sp³-hybridized carbons (Fsp3) is 0.571. The maximum Gasteiger partial charge on any atom is 0.155 e. The van der Waals surface area contributed by atoms with Crippen LogP contribution in [0.25, 0.3) is 5.65 Å². The van der Waals surface area contributed by atoms with Gasteiger partial charge in [0, 0.05) is 12.6 Å². The molecule has 1 unspecified atom stereocenters. The second-order valence-corrected chi connectivity index (χ2v) is 5.43. The summed E-state index contributed by atoms with van der Waals surface area (Å²) in [4.78, 5) is 6.82. The van der Waals surface area contributed by atoms with Crippen LogP contribution in [0.4, 0.5) is 5.69 Å². The maximum atomic E-state index is 5.72. The highest BCUT2D eigenvalue weighted by atomic mass is 15.2. The highest BCUT2D eigenvalue weighted by Crippen LogP contribution is 2.20. The first-order valence-corrected chi connectivity index (χ1v) is 7.06. The number of hydrogen-bond acceptors (Lipinski definition) is 4. The third-order valence-electron chi connectivity index (χ3n) is 3.93. The highest BCUT2D eigenvalue weighted by Gasteiger charge is 2.20. The molecule has 1 atom stereocenters. The molecule has 0 bridgehead atoms. The molecule has 5 heteroatoms. The summed E-state index contributed by atoms with van der Waals surface area (Å²) in [6.45, 7) is 5.83. The number of aromatic nitrogens is 3. The Morgan fingerprint density at radius 3 is 3.21 bits per heavy atom. The van der Waals surface area contributed by atoms with Crippen molar-refractivity contribution in [2.24, 2.45) is 5.92 Å². The molecule has 19 heavy (non-hydrogen) atoms. The minimum absolute atomic E-state index is 0.650. The molecule has 0 spiro atoms. The topological polar surface area (TPSA) is 59.5 Å². The number of rotatable bonds is 3. The van der Waals surface area contributed by atoms with E-state index >= 15 is 0 Å². The van der Waals surface area contributed by atoms with Crippen molar-refractivity contribution in [3.63, 3.8) is 0 Å². The van der Waals surface area contributed by atoms with Crippen LogP contribution >= 0.6 is 0 Å². The van der Waals surface area contributed by atoms with E-state index in [2.05, 4.69) is 28.0 Å². The smallest absolute Gasteiger partial charge is 0.155 e. The molecule has 2 aromatic heterocycles. The van der Waals surface area contributed by atoms with Crippen LogP contribution in [0.1, 0.15) is 25.5 Å². The summed E-state index contributed by atoms with van der Waals surface area (Å²) in [6.07, 6.45) is 7.15. The Kier molecular flexibility index (Phi) is 3.38. The van der Waals surface area contributed by atoms with Crippen LogP contribution in [-0.4, -0.2) is 39.1 Å². The normalized spacial score (nSPS) is 21.0. The average molecular weight is 259 g/mol. The summed E-state index contributed by atoms with van der Waals surface area (Å²) in [6, 6.07) is 2.07. The molecule has 2 N–H and O–H groups in total. The summed E-state index contributed by atoms with van der Waals surface area (Å²) < 4.78 is 1.78. The number of nitrogens with two attached hydrogens (primary N) is 1. The van der Waals surface area contributed by atoms with Gasteiger partial charge in [-0.15, -0.1) is 0 Å². The van der Waals surface area contributed by atoms with E-state index in [4.69, 9.17) is 5.73 Å². The van der Waals surface area contributed by atoms with Crippen LogP contribution in [0.2, 0.25) is 0 Å². The van der Waals surface area contributed by atoms with E-state index in [0.717, 1.165) is 30.2 Å². The van der Waals surface area contributed by atoms with Gasteiger partial charge in [-0.25, -0.2) is 9.50 Å². The van der Waals surface area contributed by atoms with Crippen LogP contribution in [0.3, 0.4) is 0 Å². The molecule has 1 saturated heterocycles. The van der Waals surface area contributed by atoms with Crippen LogP contribution in [0.15, 0.2) is 18.5 Å². The quantitative estimate of drug-likeness (QED) is 0.909. The zero-order chi connectivity index (χ0) is 13.2. The lowest BCUT2D eigenvalue weighted by molar-refractivity contribution is 0.181. The molecule has 3 heterocycles. The van der Waals surface area contributed by atoms with E-state index in [1.807, 2.05) is 6.20 Å². The molecule has 0 radical (unpaired) electrons. The number of anilines is 1. The van der Waals surface area contributed by atoms with Gasteiger partial charge in [0.1, 0.15) is 0 Å². The minimum Gasteiger partial charge on any atom is -0.396 e. The van der Waals surface area contributed by atoms with E-state index in [1.54, 1.807) is 10.7 Å². The van der Waals surface area contributed by atoms with Crippen LogP contribution in [0, 0.1) is 5.92 Å². The first-order valence-electron chi connectivity index (χ1n) is 7.06. The summed E-state index contributed by atoms with van der Waals surface area (Å²) in [7, 11) is 0. The molecule has 5 nitrogen and oxygen atoms in total. The van der Waals surface area contributed by atoms with E-state index < -0.39 is 0 Å². The molecule has 2 aromatic rings. The van der Waals surface area contributed by atoms with Crippen LogP contribution in [0.5, 0.6) is 0 Å². The molecular formula is C14H21N5. The Labute approximate surface area is 113 Å². The Morgan fingerprint density at radius 2 is 2.37 bits per heavy atom. The van der Waals surface area contributed by atoms with Crippen molar-refractivity contribution in [2.75, 3.05) is 25.4 Å². The monoisotopic (exact) mass is 259 g/mol. The molecule has 0 amide bonds. The van der Waals surface area contributed by atoms with Gasteiger partial charge in [0.15, 0.2) is 5.65 Å². The molecule has 1 aliphatic heterocycles. The number of fused-ring (bicyclic) bond motifs is 1. The largest absolute Gasteiger partial charge is 0.396 e. The zero-order valence-corrected chi connectivity index (χ0v) is 11.4. The summed E-state index contributed by atoms with van der Waals surface area (Å²) in [5.74, 6) is 0.718. The lowest BCUT2D eigenvalue weighted by atomic mass is 9.93. The molecule has 0 aliphatic carbocycles. The maximum absolute atomic E-state index is 5.72. The average Bonchev–Trinajstić information content (AvgIpc) is 2.80. The minimum atomic E-state index is 0.650. The molecule has 1 aliphatic rings. The van der Waals surface area contributed by atoms with E-state index in [-0.39, 0.29) is 0 Å². The number of nitrogen functional groups attached to an aromatic ring is 1. The van der Waals surface area contributed by atoms with Gasteiger partial charge in [0.25, 0.3) is 0 Å². The first kappa shape index (κ1) is 12.4. The highest BCUT2D eigenvalue weighted by molar-refractivity contribution is 5.44. The Hall–Kier alpha value is -1.62. The van der Waals surface area contributed by atoms with E-state index in [0.29, 0.717) is 5.69 Å². The molecule has 102 valence electrons. The lowest BCUT2D eigenvalue weighted by Gasteiger charge is -2.31. The van der Waals surface area contributed by atoms with Gasteiger partial charge in [-0.2, -0.15) is 5.10 Å². The van der Waals surface area contributed by atoms with E-state index in [1.165, 1.54) is 25.9 Å². The molecule has 0 aromatic carbocycles. The van der Waals surface area contributed by atoms with E-state index in [9.17, 15) is 0 Å². The fourth-order valence-corrected chi connectivity index (χ4v) is 2.94. The van der Waals surface area contributed by atoms with Gasteiger partial charge in [-0.05, 0) is 38.3 Å². The Balaban J connectivity index is 1.74. The van der Waals surface area contributed by atoms with Crippen molar-refractivity contribution in [2.45, 2.75) is 26.2 Å². The van der Waals surface area contributed by atoms with Crippen molar-refractivity contribution in [3.8, 4) is 0 Å². The van der Waals surface area contributed by atoms with Crippen molar-refractivity contribution in [1.82, 2.24) is 19.5 Å². The van der Waals surface area contributed by atoms with Gasteiger partial charge < -0.3 is 10.6 Å². The SMILES string of the molecule is CCN1CCCC(Cc2cc3ncc(N)cn3n2)C1. The fourth-order valence-electron chi connectivity index (χ4n) is 2.94. The standard InChI is InChI=1S/C14H21N5/c1-2-18-5-3-4-11(9-18)6-13-7-14-16-8-12(15)10-19(14)17-13/h7-8,10-11H,2-6,9,15H2,1H3. The lowest BCUT2D eigenvalue weighted by Crippen LogP contribution is -2.35. The van der Waals surface area contributed by atoms with Crippen molar-refractivity contribution < 1.29 is 0 Å². The first-order chi connectivity index (χ1) is 9.24. The van der Waals surface area contributed by atoms with Crippen molar-refractivity contribution in [3.05, 3.63) is 24.2 Å². The molecule has 3 rings (SSSR count). The number of piperidine rings is 1. The third kappa shape index (κ3) is 2.71. The summed E-state index contributed by atoms with van der Waals surface area (Å²) in [5.41, 5.74) is 8.38.